The Morgan fingerprint density at radius 2 is 0.712 bits per heavy atom. The summed E-state index contributed by atoms with van der Waals surface area (Å²) in [5.74, 6) is 26.6. The van der Waals surface area contributed by atoms with Gasteiger partial charge in [-0.2, -0.15) is 60.5 Å². The van der Waals surface area contributed by atoms with Gasteiger partial charge in [-0.3, -0.25) is 0 Å². The Bertz CT molecular complexity index is 1980. The molecule has 0 heterocycles. The van der Waals surface area contributed by atoms with Crippen LogP contribution in [0, 0.1) is 148 Å². The van der Waals surface area contributed by atoms with Crippen LogP contribution in [0.4, 0.5) is 0 Å². The van der Waals surface area contributed by atoms with Gasteiger partial charge >= 0.3 is 0 Å². The first-order chi connectivity index (χ1) is 32.4. The van der Waals surface area contributed by atoms with Crippen molar-refractivity contribution in [1.82, 2.24) is 0 Å². The van der Waals surface area contributed by atoms with Gasteiger partial charge in [0.25, 0.3) is 0 Å². The van der Waals surface area contributed by atoms with E-state index in [-0.39, 0.29) is 0 Å². The number of thioether (sulfide) groups is 3. The number of thiol groups is 2. The van der Waals surface area contributed by atoms with Gasteiger partial charge in [0, 0.05) is 42.0 Å². The lowest BCUT2D eigenvalue weighted by atomic mass is 9.78. The van der Waals surface area contributed by atoms with E-state index in [4.69, 9.17) is 25.3 Å². The van der Waals surface area contributed by atoms with Crippen molar-refractivity contribution in [3.63, 3.8) is 0 Å². The molecular weight excluding hydrogens is 893 g/mol. The highest BCUT2D eigenvalue weighted by Gasteiger charge is 2.62. The molecule has 18 aliphatic carbocycles. The summed E-state index contributed by atoms with van der Waals surface area (Å²) in [6.07, 6.45) is 47.3. The maximum atomic E-state index is 4.98. The van der Waals surface area contributed by atoms with Crippen LogP contribution >= 0.6 is 60.5 Å². The Labute approximate surface area is 425 Å². The van der Waals surface area contributed by atoms with Crippen molar-refractivity contribution in [3.05, 3.63) is 36.5 Å². The minimum atomic E-state index is 0.742. The standard InChI is InChI=1S/C21H32S2.C20H28S2.C20H26S/c1-10-2-3-14-15-7-12(20(10)14)9-18(15)23-19-8-11-6-16(19)21-13(11)4-5-17(21)22;21-17-5-4-13-11-7-16(20(13)17)19(9-11)22-18-8-10-6-15(18)14-3-1-2-12(10)14;1-3-13-11-7-17(15(13)5-1)19(9-11)21-20-10-12-8-18(20)16-6-2-4-14(12)16/h10-22H,2-9H2,1H3;1-2,10-21H,3-9H2;1-3,6,11-20H,4-5,7-10H2. The van der Waals surface area contributed by atoms with Gasteiger partial charge in [0.05, 0.1) is 0 Å². The molecule has 18 rings (SSSR count). The van der Waals surface area contributed by atoms with Gasteiger partial charge in [0.15, 0.2) is 0 Å². The highest BCUT2D eigenvalue weighted by molar-refractivity contribution is 8.01. The highest BCUT2D eigenvalue weighted by atomic mass is 32.2. The molecule has 360 valence electrons. The first kappa shape index (κ1) is 43.4. The van der Waals surface area contributed by atoms with Crippen molar-refractivity contribution in [2.24, 2.45) is 148 Å². The van der Waals surface area contributed by atoms with E-state index < -0.39 is 0 Å². The van der Waals surface area contributed by atoms with Crippen LogP contribution in [0.5, 0.6) is 0 Å². The summed E-state index contributed by atoms with van der Waals surface area (Å²) < 4.78 is 0. The molecule has 33 unspecified atom stereocenters. The van der Waals surface area contributed by atoms with Crippen LogP contribution in [-0.4, -0.2) is 42.0 Å². The van der Waals surface area contributed by atoms with E-state index in [1.165, 1.54) is 44.9 Å². The fourth-order valence-electron chi connectivity index (χ4n) is 24.5. The molecule has 15 fully saturated rings. The van der Waals surface area contributed by atoms with Crippen LogP contribution < -0.4 is 0 Å². The second kappa shape index (κ2) is 16.5. The molecule has 0 radical (unpaired) electrons. The normalized spacial score (nSPS) is 63.8. The number of fused-ring (bicyclic) bond motifs is 30. The monoisotopic (exact) mass is 979 g/mol. The zero-order valence-corrected chi connectivity index (χ0v) is 44.7. The summed E-state index contributed by atoms with van der Waals surface area (Å²) in [5.41, 5.74) is 0. The van der Waals surface area contributed by atoms with Crippen molar-refractivity contribution in [3.8, 4) is 0 Å². The molecule has 0 aromatic carbocycles. The molecule has 0 saturated heterocycles. The Kier molecular flexibility index (Phi) is 10.8. The summed E-state index contributed by atoms with van der Waals surface area (Å²) in [7, 11) is 0. The SMILES string of the molecule is C1=CC2C(C1)C1CC(SC3CC4CC3C3CC=CC43)C2C1.CC1CCC2C3CC(CC3SC3CC4CC3C3C(S)CCC43)C12.SC1CCC2C3CC(SC4CC5CC4C4CC=CC54)C(C3)C12. The lowest BCUT2D eigenvalue weighted by molar-refractivity contribution is 0.224. The van der Waals surface area contributed by atoms with E-state index in [2.05, 4.69) is 78.7 Å². The molecule has 18 aliphatic rings. The molecule has 0 amide bonds. The Balaban J connectivity index is 0.0000000878. The van der Waals surface area contributed by atoms with Gasteiger partial charge < -0.3 is 0 Å². The third-order valence-corrected chi connectivity index (χ3v) is 33.1. The molecule has 0 nitrogen and oxygen atoms in total. The molecule has 0 aromatic rings. The first-order valence-electron chi connectivity index (χ1n) is 29.7. The predicted molar refractivity (Wildman–Crippen MR) is 288 cm³/mol. The van der Waals surface area contributed by atoms with E-state index in [1.54, 1.807) is 89.9 Å². The molecular formula is C61H86S5. The topological polar surface area (TPSA) is 0 Å². The summed E-state index contributed by atoms with van der Waals surface area (Å²) in [5, 5.41) is 7.65. The molecule has 0 aliphatic heterocycles. The summed E-state index contributed by atoms with van der Waals surface area (Å²) in [6.45, 7) is 2.55. The molecule has 0 N–H and O–H groups in total. The highest BCUT2D eigenvalue weighted by Crippen LogP contribution is 2.70. The maximum absolute atomic E-state index is 4.98. The fraction of sp³-hybridized carbons (Fsp3) is 0.902. The molecule has 5 heteroatoms. The van der Waals surface area contributed by atoms with Crippen molar-refractivity contribution >= 4 is 60.5 Å². The average molecular weight is 980 g/mol. The first-order valence-corrected chi connectivity index (χ1v) is 33.6. The molecule has 66 heavy (non-hydrogen) atoms. The van der Waals surface area contributed by atoms with Crippen LogP contribution in [0.15, 0.2) is 36.5 Å². The van der Waals surface area contributed by atoms with E-state index in [1.807, 2.05) is 0 Å². The van der Waals surface area contributed by atoms with Crippen molar-refractivity contribution in [2.45, 2.75) is 184 Å². The maximum Gasteiger partial charge on any atom is 0.00867 e. The van der Waals surface area contributed by atoms with Crippen LogP contribution in [0.1, 0.15) is 142 Å². The minimum Gasteiger partial charge on any atom is -0.176 e. The summed E-state index contributed by atoms with van der Waals surface area (Å²) in [4.78, 5) is 0. The molecule has 0 aromatic heterocycles. The number of allylic oxidation sites excluding steroid dienone is 6. The van der Waals surface area contributed by atoms with Gasteiger partial charge in [-0.05, 0) is 276 Å². The second-order valence-corrected chi connectivity index (χ2v) is 34.1. The zero-order chi connectivity index (χ0) is 43.3. The second-order valence-electron chi connectivity index (χ2n) is 28.3. The van der Waals surface area contributed by atoms with Crippen LogP contribution in [0.25, 0.3) is 0 Å². The number of rotatable bonds is 6. The lowest BCUT2D eigenvalue weighted by Gasteiger charge is -2.38. The Hall–Kier alpha value is 0.970. The van der Waals surface area contributed by atoms with E-state index in [0.29, 0.717) is 0 Å². The third kappa shape index (κ3) is 6.52. The van der Waals surface area contributed by atoms with Crippen molar-refractivity contribution < 1.29 is 0 Å². The summed E-state index contributed by atoms with van der Waals surface area (Å²) >= 11 is 17.4. The molecule has 0 spiro atoms. The molecule has 12 bridgehead atoms. The largest absolute Gasteiger partial charge is 0.176 e. The van der Waals surface area contributed by atoms with Gasteiger partial charge in [-0.15, -0.1) is 0 Å². The Morgan fingerprint density at radius 1 is 0.318 bits per heavy atom. The predicted octanol–water partition coefficient (Wildman–Crippen LogP) is 15.5. The fourth-order valence-corrected chi connectivity index (χ4v) is 32.2. The quantitative estimate of drug-likeness (QED) is 0.201. The van der Waals surface area contributed by atoms with Crippen molar-refractivity contribution in [2.75, 3.05) is 0 Å². The molecule has 15 saturated carbocycles. The van der Waals surface area contributed by atoms with Crippen LogP contribution in [-0.2, 0) is 0 Å². The van der Waals surface area contributed by atoms with E-state index >= 15 is 0 Å². The zero-order valence-electron chi connectivity index (χ0n) is 40.5. The number of hydrogen-bond acceptors (Lipinski definition) is 5. The van der Waals surface area contributed by atoms with Crippen LogP contribution in [0.2, 0.25) is 0 Å². The van der Waals surface area contributed by atoms with Crippen molar-refractivity contribution in [1.29, 1.82) is 0 Å². The lowest BCUT2D eigenvalue weighted by Crippen LogP contribution is -2.34. The third-order valence-electron chi connectivity index (χ3n) is 26.5. The van der Waals surface area contributed by atoms with Gasteiger partial charge in [-0.25, -0.2) is 0 Å². The Morgan fingerprint density at radius 3 is 1.29 bits per heavy atom. The summed E-state index contributed by atoms with van der Waals surface area (Å²) in [6, 6.07) is 0. The minimum absolute atomic E-state index is 0.742. The molecule has 33 atom stereocenters. The van der Waals surface area contributed by atoms with E-state index in [0.717, 1.165) is 190 Å². The van der Waals surface area contributed by atoms with Gasteiger partial charge in [-0.1, -0.05) is 49.8 Å². The number of hydrogen-bond donors (Lipinski definition) is 2. The van der Waals surface area contributed by atoms with Crippen LogP contribution in [0.3, 0.4) is 0 Å². The van der Waals surface area contributed by atoms with Gasteiger partial charge in [0.2, 0.25) is 0 Å². The van der Waals surface area contributed by atoms with Gasteiger partial charge in [0.1, 0.15) is 0 Å². The van der Waals surface area contributed by atoms with E-state index in [9.17, 15) is 0 Å². The smallest absolute Gasteiger partial charge is 0.00867 e. The average Bonchev–Trinajstić information content (AvgIpc) is 4.10.